The van der Waals surface area contributed by atoms with Gasteiger partial charge in [0.15, 0.2) is 0 Å². The van der Waals surface area contributed by atoms with E-state index < -0.39 is 10.2 Å². The summed E-state index contributed by atoms with van der Waals surface area (Å²) < 4.78 is -0.375. The highest BCUT2D eigenvalue weighted by Crippen LogP contribution is 2.27. The van der Waals surface area contributed by atoms with Crippen molar-refractivity contribution in [2.45, 2.75) is 11.3 Å². The molecule has 8 heteroatoms. The molecule has 0 atom stereocenters. The van der Waals surface area contributed by atoms with Crippen LogP contribution < -0.4 is 5.32 Å². The first-order valence-corrected chi connectivity index (χ1v) is 4.43. The van der Waals surface area contributed by atoms with Crippen molar-refractivity contribution in [3.63, 3.8) is 0 Å². The number of hydrogen-bond donors (Lipinski definition) is 1. The number of fused-ring (bicyclic) bond motifs is 1. The largest absolute Gasteiger partial charge is 0.290 e. The van der Waals surface area contributed by atoms with E-state index in [2.05, 4.69) is 20.6 Å². The standard InChI is InChI=1S/C6H5Cl2N5O/c1-3-6(7,8)4(14)10-5-11-9-2-13(5)12-3/h2H,1H3,(H,10,11,14). The molecule has 14 heavy (non-hydrogen) atoms. The number of hydrogen-bond acceptors (Lipinski definition) is 4. The minimum atomic E-state index is -1.67. The van der Waals surface area contributed by atoms with Gasteiger partial charge in [-0.2, -0.15) is 9.78 Å². The van der Waals surface area contributed by atoms with Crippen LogP contribution in [0, 0.1) is 0 Å². The first-order valence-electron chi connectivity index (χ1n) is 3.67. The zero-order chi connectivity index (χ0) is 10.3. The second-order valence-electron chi connectivity index (χ2n) is 2.71. The van der Waals surface area contributed by atoms with Crippen LogP contribution >= 0.6 is 23.2 Å². The van der Waals surface area contributed by atoms with Crippen LogP contribution in [0.2, 0.25) is 0 Å². The molecule has 6 nitrogen and oxygen atoms in total. The van der Waals surface area contributed by atoms with Crippen molar-refractivity contribution in [1.29, 1.82) is 0 Å². The van der Waals surface area contributed by atoms with Crippen LogP contribution in [-0.2, 0) is 4.79 Å². The summed E-state index contributed by atoms with van der Waals surface area (Å²) in [6.45, 7) is 1.55. The maximum absolute atomic E-state index is 11.5. The lowest BCUT2D eigenvalue weighted by Gasteiger charge is -2.13. The number of carbonyl (C=O) groups is 1. The fourth-order valence-electron chi connectivity index (χ4n) is 0.954. The highest BCUT2D eigenvalue weighted by molar-refractivity contribution is 6.69. The van der Waals surface area contributed by atoms with E-state index >= 15 is 0 Å². The average Bonchev–Trinajstić information content (AvgIpc) is 2.49. The van der Waals surface area contributed by atoms with Gasteiger partial charge >= 0.3 is 0 Å². The molecule has 2 heterocycles. The summed E-state index contributed by atoms with van der Waals surface area (Å²) in [5.74, 6) is -0.397. The molecule has 1 aliphatic heterocycles. The van der Waals surface area contributed by atoms with Gasteiger partial charge in [-0.3, -0.25) is 10.1 Å². The fraction of sp³-hybridized carbons (Fsp3) is 0.333. The molecule has 0 saturated heterocycles. The summed E-state index contributed by atoms with van der Waals surface area (Å²) in [4.78, 5) is 11.5. The summed E-state index contributed by atoms with van der Waals surface area (Å²) >= 11 is 11.6. The van der Waals surface area contributed by atoms with Gasteiger partial charge in [0, 0.05) is 0 Å². The first kappa shape index (κ1) is 9.42. The van der Waals surface area contributed by atoms with Crippen molar-refractivity contribution >= 4 is 40.8 Å². The van der Waals surface area contributed by atoms with Gasteiger partial charge in [0.1, 0.15) is 6.33 Å². The monoisotopic (exact) mass is 233 g/mol. The van der Waals surface area contributed by atoms with Gasteiger partial charge in [-0.15, -0.1) is 10.2 Å². The van der Waals surface area contributed by atoms with Crippen LogP contribution in [-0.4, -0.2) is 30.8 Å². The molecular weight excluding hydrogens is 229 g/mol. The van der Waals surface area contributed by atoms with Crippen molar-refractivity contribution in [2.75, 3.05) is 5.32 Å². The van der Waals surface area contributed by atoms with Crippen molar-refractivity contribution in [1.82, 2.24) is 14.9 Å². The molecule has 0 aromatic carbocycles. The molecular formula is C6H5Cl2N5O. The Morgan fingerprint density at radius 2 is 2.29 bits per heavy atom. The average molecular weight is 234 g/mol. The van der Waals surface area contributed by atoms with Crippen molar-refractivity contribution < 1.29 is 4.79 Å². The fourth-order valence-corrected chi connectivity index (χ4v) is 1.12. The van der Waals surface area contributed by atoms with E-state index in [-0.39, 0.29) is 11.7 Å². The number of carbonyl (C=O) groups excluding carboxylic acids is 1. The molecule has 0 fully saturated rings. The quantitative estimate of drug-likeness (QED) is 0.669. The summed E-state index contributed by atoms with van der Waals surface area (Å²) in [6, 6.07) is 0. The third-order valence-electron chi connectivity index (χ3n) is 1.75. The minimum absolute atomic E-state index is 0.192. The molecule has 1 aromatic heterocycles. The molecule has 1 N–H and O–H groups in total. The molecule has 2 rings (SSSR count). The molecule has 0 spiro atoms. The maximum Gasteiger partial charge on any atom is 0.269 e. The Balaban J connectivity index is 2.56. The maximum atomic E-state index is 11.5. The molecule has 1 aliphatic rings. The van der Waals surface area contributed by atoms with Gasteiger partial charge in [-0.25, -0.2) is 0 Å². The lowest BCUT2D eigenvalue weighted by Crippen LogP contribution is -2.37. The second kappa shape index (κ2) is 2.93. The van der Waals surface area contributed by atoms with Gasteiger partial charge in [-0.05, 0) is 6.92 Å². The summed E-state index contributed by atoms with van der Waals surface area (Å²) in [6.07, 6.45) is 1.34. The highest BCUT2D eigenvalue weighted by Gasteiger charge is 2.40. The Hall–Kier alpha value is -1.14. The molecule has 0 unspecified atom stereocenters. The number of halogens is 2. The number of anilines is 1. The van der Waals surface area contributed by atoms with E-state index in [4.69, 9.17) is 23.2 Å². The molecule has 0 aliphatic carbocycles. The first-order chi connectivity index (χ1) is 6.51. The number of amides is 1. The molecule has 1 aromatic rings. The molecule has 74 valence electrons. The predicted molar refractivity (Wildman–Crippen MR) is 51.6 cm³/mol. The Morgan fingerprint density at radius 1 is 1.57 bits per heavy atom. The number of nitrogens with one attached hydrogen (secondary N) is 1. The van der Waals surface area contributed by atoms with Gasteiger partial charge in [0.2, 0.25) is 4.33 Å². The van der Waals surface area contributed by atoms with Gasteiger partial charge < -0.3 is 0 Å². The number of rotatable bonds is 0. The summed E-state index contributed by atoms with van der Waals surface area (Å²) in [5, 5.41) is 13.5. The zero-order valence-electron chi connectivity index (χ0n) is 7.03. The lowest BCUT2D eigenvalue weighted by molar-refractivity contribution is -0.115. The van der Waals surface area contributed by atoms with E-state index in [9.17, 15) is 4.79 Å². The van der Waals surface area contributed by atoms with E-state index in [1.54, 1.807) is 6.92 Å². The SMILES string of the molecule is CC1=Nn2cnnc2NC(=O)C1(Cl)Cl. The lowest BCUT2D eigenvalue weighted by atomic mass is 10.3. The van der Waals surface area contributed by atoms with Gasteiger partial charge in [-0.1, -0.05) is 23.2 Å². The van der Waals surface area contributed by atoms with Gasteiger partial charge in [0.25, 0.3) is 11.9 Å². The van der Waals surface area contributed by atoms with E-state index in [1.165, 1.54) is 11.0 Å². The van der Waals surface area contributed by atoms with Crippen LogP contribution in [0.4, 0.5) is 5.95 Å². The van der Waals surface area contributed by atoms with Crippen molar-refractivity contribution in [3.05, 3.63) is 6.33 Å². The third kappa shape index (κ3) is 1.27. The number of nitrogens with zero attached hydrogens (tertiary/aromatic N) is 4. The Bertz CT molecular complexity index is 424. The molecule has 0 radical (unpaired) electrons. The highest BCUT2D eigenvalue weighted by atomic mass is 35.5. The smallest absolute Gasteiger partial charge is 0.269 e. The summed E-state index contributed by atoms with van der Waals surface area (Å²) in [7, 11) is 0. The van der Waals surface area contributed by atoms with Crippen LogP contribution in [0.25, 0.3) is 0 Å². The molecule has 1 amide bonds. The normalized spacial score (nSPS) is 19.4. The van der Waals surface area contributed by atoms with Crippen LogP contribution in [0.1, 0.15) is 6.92 Å². The minimum Gasteiger partial charge on any atom is -0.290 e. The van der Waals surface area contributed by atoms with Crippen molar-refractivity contribution in [2.24, 2.45) is 5.10 Å². The zero-order valence-corrected chi connectivity index (χ0v) is 8.54. The predicted octanol–water partition coefficient (Wildman–Crippen LogP) is 0.628. The van der Waals surface area contributed by atoms with E-state index in [0.717, 1.165) is 0 Å². The molecule has 0 bridgehead atoms. The topological polar surface area (TPSA) is 72.2 Å². The van der Waals surface area contributed by atoms with E-state index in [0.29, 0.717) is 0 Å². The second-order valence-corrected chi connectivity index (χ2v) is 4.04. The Labute approximate surface area is 88.9 Å². The molecule has 0 saturated carbocycles. The van der Waals surface area contributed by atoms with E-state index in [1.807, 2.05) is 0 Å². The van der Waals surface area contributed by atoms with Crippen LogP contribution in [0.3, 0.4) is 0 Å². The van der Waals surface area contributed by atoms with Gasteiger partial charge in [0.05, 0.1) is 5.71 Å². The van der Waals surface area contributed by atoms with Crippen LogP contribution in [0.15, 0.2) is 11.4 Å². The summed E-state index contributed by atoms with van der Waals surface area (Å²) in [5.41, 5.74) is 0.261. The Morgan fingerprint density at radius 3 is 3.00 bits per heavy atom. The number of aromatic nitrogens is 3. The Kier molecular flexibility index (Phi) is 1.97. The van der Waals surface area contributed by atoms with Crippen LogP contribution in [0.5, 0.6) is 0 Å². The third-order valence-corrected chi connectivity index (χ3v) is 2.64. The van der Waals surface area contributed by atoms with Crippen molar-refractivity contribution in [3.8, 4) is 0 Å². The number of alkyl halides is 2.